The van der Waals surface area contributed by atoms with Crippen LogP contribution in [-0.2, 0) is 0 Å². The highest BCUT2D eigenvalue weighted by atomic mass is 19.1. The molecule has 1 aromatic carbocycles. The molecule has 0 unspecified atom stereocenters. The zero-order valence-electron chi connectivity index (χ0n) is 11.8. The maximum Gasteiger partial charge on any atom is 0.274 e. The number of rotatable bonds is 5. The molecule has 1 aromatic heterocycles. The first kappa shape index (κ1) is 14.8. The molecule has 2 N–H and O–H groups in total. The number of amides is 1. The highest BCUT2D eigenvalue weighted by Gasteiger charge is 2.11. The van der Waals surface area contributed by atoms with E-state index in [0.717, 1.165) is 12.2 Å². The summed E-state index contributed by atoms with van der Waals surface area (Å²) >= 11 is 0. The average Bonchev–Trinajstić information content (AvgIpc) is 2.50. The van der Waals surface area contributed by atoms with Crippen LogP contribution in [0.3, 0.4) is 0 Å². The number of hydrogen-bond acceptors (Lipinski definition) is 4. The molecule has 0 radical (unpaired) electrons. The number of carbonyl (C=O) groups is 1. The second kappa shape index (κ2) is 6.69. The van der Waals surface area contributed by atoms with E-state index in [4.69, 9.17) is 4.74 Å². The molecular formula is C15H16FN3O2. The number of carbonyl (C=O) groups excluding carboxylic acids is 1. The molecule has 0 atom stereocenters. The van der Waals surface area contributed by atoms with Crippen molar-refractivity contribution in [2.45, 2.75) is 6.92 Å². The van der Waals surface area contributed by atoms with Gasteiger partial charge in [0, 0.05) is 12.6 Å². The number of halogens is 1. The van der Waals surface area contributed by atoms with Crippen molar-refractivity contribution in [2.75, 3.05) is 24.3 Å². The van der Waals surface area contributed by atoms with Crippen molar-refractivity contribution in [3.05, 3.63) is 48.0 Å². The van der Waals surface area contributed by atoms with Crippen molar-refractivity contribution < 1.29 is 13.9 Å². The zero-order valence-corrected chi connectivity index (χ0v) is 11.8. The Hall–Kier alpha value is -2.63. The highest BCUT2D eigenvalue weighted by Crippen LogP contribution is 2.21. The Bertz CT molecular complexity index is 629. The lowest BCUT2D eigenvalue weighted by Gasteiger charge is -2.08. The van der Waals surface area contributed by atoms with Crippen LogP contribution < -0.4 is 15.4 Å². The SMILES string of the molecule is CCNc1ccc(C(=O)Nc2cc(OC)ccc2F)nc1. The van der Waals surface area contributed by atoms with Gasteiger partial charge in [0.1, 0.15) is 17.3 Å². The minimum atomic E-state index is -0.534. The van der Waals surface area contributed by atoms with E-state index in [1.165, 1.54) is 25.3 Å². The van der Waals surface area contributed by atoms with Crippen LogP contribution in [0.15, 0.2) is 36.5 Å². The van der Waals surface area contributed by atoms with Crippen LogP contribution in [0.4, 0.5) is 15.8 Å². The number of ether oxygens (including phenoxy) is 1. The van der Waals surface area contributed by atoms with E-state index in [9.17, 15) is 9.18 Å². The number of anilines is 2. The van der Waals surface area contributed by atoms with Crippen LogP contribution in [0.5, 0.6) is 5.75 Å². The first-order valence-electron chi connectivity index (χ1n) is 6.49. The van der Waals surface area contributed by atoms with Crippen LogP contribution in [0.2, 0.25) is 0 Å². The molecule has 0 bridgehead atoms. The molecule has 2 aromatic rings. The summed E-state index contributed by atoms with van der Waals surface area (Å²) < 4.78 is 18.6. The van der Waals surface area contributed by atoms with E-state index in [2.05, 4.69) is 15.6 Å². The van der Waals surface area contributed by atoms with Crippen LogP contribution in [0.25, 0.3) is 0 Å². The Morgan fingerprint density at radius 1 is 1.33 bits per heavy atom. The number of nitrogens with zero attached hydrogens (tertiary/aromatic N) is 1. The summed E-state index contributed by atoms with van der Waals surface area (Å²) in [6.07, 6.45) is 1.56. The van der Waals surface area contributed by atoms with Gasteiger partial charge in [0.05, 0.1) is 24.7 Å². The summed E-state index contributed by atoms with van der Waals surface area (Å²) in [6.45, 7) is 2.73. The van der Waals surface area contributed by atoms with E-state index in [1.54, 1.807) is 18.3 Å². The molecule has 6 heteroatoms. The van der Waals surface area contributed by atoms with Gasteiger partial charge in [0.25, 0.3) is 5.91 Å². The molecular weight excluding hydrogens is 273 g/mol. The van der Waals surface area contributed by atoms with E-state index in [-0.39, 0.29) is 11.4 Å². The van der Waals surface area contributed by atoms with Crippen LogP contribution >= 0.6 is 0 Å². The van der Waals surface area contributed by atoms with Crippen LogP contribution in [-0.4, -0.2) is 24.5 Å². The molecule has 21 heavy (non-hydrogen) atoms. The van der Waals surface area contributed by atoms with Gasteiger partial charge < -0.3 is 15.4 Å². The fraction of sp³-hybridized carbons (Fsp3) is 0.200. The Balaban J connectivity index is 2.14. The topological polar surface area (TPSA) is 63.2 Å². The number of nitrogens with one attached hydrogen (secondary N) is 2. The smallest absolute Gasteiger partial charge is 0.274 e. The van der Waals surface area contributed by atoms with Gasteiger partial charge in [-0.1, -0.05) is 0 Å². The number of aromatic nitrogens is 1. The predicted molar refractivity (Wildman–Crippen MR) is 79.3 cm³/mol. The van der Waals surface area contributed by atoms with Gasteiger partial charge in [0.15, 0.2) is 0 Å². The predicted octanol–water partition coefficient (Wildman–Crippen LogP) is 2.91. The van der Waals surface area contributed by atoms with Gasteiger partial charge in [-0.2, -0.15) is 0 Å². The lowest BCUT2D eigenvalue weighted by molar-refractivity contribution is 0.102. The first-order valence-corrected chi connectivity index (χ1v) is 6.49. The van der Waals surface area contributed by atoms with E-state index < -0.39 is 11.7 Å². The summed E-state index contributed by atoms with van der Waals surface area (Å²) in [7, 11) is 1.47. The van der Waals surface area contributed by atoms with Crippen molar-refractivity contribution in [2.24, 2.45) is 0 Å². The molecule has 5 nitrogen and oxygen atoms in total. The Morgan fingerprint density at radius 2 is 2.14 bits per heavy atom. The van der Waals surface area contributed by atoms with Crippen molar-refractivity contribution in [1.29, 1.82) is 0 Å². The second-order valence-corrected chi connectivity index (χ2v) is 4.26. The largest absolute Gasteiger partial charge is 0.497 e. The molecule has 0 spiro atoms. The fourth-order valence-electron chi connectivity index (χ4n) is 1.75. The second-order valence-electron chi connectivity index (χ2n) is 4.26. The molecule has 0 saturated heterocycles. The number of hydrogen-bond donors (Lipinski definition) is 2. The molecule has 0 saturated carbocycles. The normalized spacial score (nSPS) is 10.0. The number of pyridine rings is 1. The molecule has 0 aliphatic heterocycles. The average molecular weight is 289 g/mol. The molecule has 0 fully saturated rings. The third-order valence-corrected chi connectivity index (χ3v) is 2.80. The van der Waals surface area contributed by atoms with Gasteiger partial charge >= 0.3 is 0 Å². The Morgan fingerprint density at radius 3 is 2.76 bits per heavy atom. The summed E-state index contributed by atoms with van der Waals surface area (Å²) in [5.74, 6) is -0.555. The molecule has 0 aliphatic rings. The minimum absolute atomic E-state index is 0.0527. The van der Waals surface area contributed by atoms with Crippen molar-refractivity contribution in [3.8, 4) is 5.75 Å². The first-order chi connectivity index (χ1) is 10.1. The van der Waals surface area contributed by atoms with Gasteiger partial charge in [-0.3, -0.25) is 4.79 Å². The van der Waals surface area contributed by atoms with Crippen LogP contribution in [0, 0.1) is 5.82 Å². The monoisotopic (exact) mass is 289 g/mol. The molecule has 2 rings (SSSR count). The van der Waals surface area contributed by atoms with Gasteiger partial charge in [-0.25, -0.2) is 9.37 Å². The lowest BCUT2D eigenvalue weighted by Crippen LogP contribution is -2.14. The summed E-state index contributed by atoms with van der Waals surface area (Å²) in [5, 5.41) is 5.55. The lowest BCUT2D eigenvalue weighted by atomic mass is 10.2. The Labute approximate surface area is 122 Å². The zero-order chi connectivity index (χ0) is 15.2. The fourth-order valence-corrected chi connectivity index (χ4v) is 1.75. The van der Waals surface area contributed by atoms with Crippen molar-refractivity contribution >= 4 is 17.3 Å². The third-order valence-electron chi connectivity index (χ3n) is 2.80. The van der Waals surface area contributed by atoms with Gasteiger partial charge in [0.2, 0.25) is 0 Å². The van der Waals surface area contributed by atoms with Crippen LogP contribution in [0.1, 0.15) is 17.4 Å². The summed E-state index contributed by atoms with van der Waals surface area (Å²) in [4.78, 5) is 16.1. The molecule has 1 heterocycles. The molecule has 0 aliphatic carbocycles. The standard InChI is InChI=1S/C15H16FN3O2/c1-3-17-10-4-7-13(18-9-10)15(20)19-14-8-11(21-2)5-6-12(14)16/h4-9,17H,3H2,1-2H3,(H,19,20). The molecule has 1 amide bonds. The highest BCUT2D eigenvalue weighted by molar-refractivity contribution is 6.03. The number of methoxy groups -OCH3 is 1. The minimum Gasteiger partial charge on any atom is -0.497 e. The molecule has 110 valence electrons. The quantitative estimate of drug-likeness (QED) is 0.888. The maximum absolute atomic E-state index is 13.6. The van der Waals surface area contributed by atoms with Crippen molar-refractivity contribution in [3.63, 3.8) is 0 Å². The van der Waals surface area contributed by atoms with E-state index >= 15 is 0 Å². The van der Waals surface area contributed by atoms with Gasteiger partial charge in [-0.15, -0.1) is 0 Å². The van der Waals surface area contributed by atoms with Gasteiger partial charge in [-0.05, 0) is 31.2 Å². The summed E-state index contributed by atoms with van der Waals surface area (Å²) in [6, 6.07) is 7.45. The maximum atomic E-state index is 13.6. The van der Waals surface area contributed by atoms with Crippen molar-refractivity contribution in [1.82, 2.24) is 4.98 Å². The Kier molecular flexibility index (Phi) is 4.71. The van der Waals surface area contributed by atoms with E-state index in [1.807, 2.05) is 6.92 Å². The summed E-state index contributed by atoms with van der Waals surface area (Å²) in [5.41, 5.74) is 1.08. The van der Waals surface area contributed by atoms with E-state index in [0.29, 0.717) is 5.75 Å². The third kappa shape index (κ3) is 3.68. The number of benzene rings is 1.